The lowest BCUT2D eigenvalue weighted by molar-refractivity contribution is 0.0668. The van der Waals surface area contributed by atoms with Crippen LogP contribution in [0.25, 0.3) is 0 Å². The fraction of sp³-hybridized carbons (Fsp3) is 0.583. The molecular weight excluding hydrogens is 224 g/mol. The molecule has 1 atom stereocenters. The maximum Gasteiger partial charge on any atom is 0.133 e. The maximum absolute atomic E-state index is 6.05. The van der Waals surface area contributed by atoms with Crippen LogP contribution in [0.3, 0.4) is 0 Å². The van der Waals surface area contributed by atoms with Gasteiger partial charge in [-0.15, -0.1) is 0 Å². The van der Waals surface area contributed by atoms with Gasteiger partial charge in [-0.3, -0.25) is 4.90 Å². The normalized spacial score (nSPS) is 23.0. The predicted octanol–water partition coefficient (Wildman–Crippen LogP) is 2.35. The van der Waals surface area contributed by atoms with Crippen molar-refractivity contribution in [3.63, 3.8) is 0 Å². The first-order valence-electron chi connectivity index (χ1n) is 5.69. The number of aromatic nitrogens is 1. The van der Waals surface area contributed by atoms with Gasteiger partial charge in [-0.05, 0) is 19.4 Å². The van der Waals surface area contributed by atoms with Crippen molar-refractivity contribution in [2.45, 2.75) is 26.0 Å². The molecule has 2 rings (SSSR count). The molecule has 88 valence electrons. The van der Waals surface area contributed by atoms with Crippen LogP contribution in [0.4, 0.5) is 0 Å². The van der Waals surface area contributed by atoms with Crippen molar-refractivity contribution in [2.75, 3.05) is 19.7 Å². The van der Waals surface area contributed by atoms with Gasteiger partial charge in [-0.2, -0.15) is 0 Å². The highest BCUT2D eigenvalue weighted by Crippen LogP contribution is 2.16. The SMILES string of the molecule is CC1CN(Cc2cccnc2Cl)CCCO1. The van der Waals surface area contributed by atoms with Gasteiger partial charge in [0.05, 0.1) is 6.10 Å². The van der Waals surface area contributed by atoms with E-state index in [4.69, 9.17) is 16.3 Å². The molecule has 0 saturated carbocycles. The van der Waals surface area contributed by atoms with Crippen LogP contribution in [0, 0.1) is 0 Å². The van der Waals surface area contributed by atoms with E-state index in [2.05, 4.69) is 16.8 Å². The van der Waals surface area contributed by atoms with Crippen molar-refractivity contribution < 1.29 is 4.74 Å². The van der Waals surface area contributed by atoms with E-state index in [0.29, 0.717) is 11.3 Å². The van der Waals surface area contributed by atoms with E-state index in [1.807, 2.05) is 12.1 Å². The molecule has 0 spiro atoms. The van der Waals surface area contributed by atoms with Gasteiger partial charge < -0.3 is 4.74 Å². The first kappa shape index (κ1) is 11.8. The molecule has 2 heterocycles. The van der Waals surface area contributed by atoms with Crippen molar-refractivity contribution >= 4 is 11.6 Å². The molecular formula is C12H17ClN2O. The molecule has 1 fully saturated rings. The summed E-state index contributed by atoms with van der Waals surface area (Å²) in [4.78, 5) is 6.47. The summed E-state index contributed by atoms with van der Waals surface area (Å²) in [6, 6.07) is 3.96. The van der Waals surface area contributed by atoms with Crippen LogP contribution in [0.2, 0.25) is 5.15 Å². The molecule has 0 N–H and O–H groups in total. The average Bonchev–Trinajstić information content (AvgIpc) is 2.46. The predicted molar refractivity (Wildman–Crippen MR) is 64.6 cm³/mol. The summed E-state index contributed by atoms with van der Waals surface area (Å²) in [7, 11) is 0. The van der Waals surface area contributed by atoms with Crippen LogP contribution in [0.1, 0.15) is 18.9 Å². The van der Waals surface area contributed by atoms with Gasteiger partial charge in [0.25, 0.3) is 0 Å². The Bertz CT molecular complexity index is 346. The van der Waals surface area contributed by atoms with E-state index in [1.54, 1.807) is 6.20 Å². The third-order valence-electron chi connectivity index (χ3n) is 2.77. The highest BCUT2D eigenvalue weighted by Gasteiger charge is 2.16. The molecule has 0 amide bonds. The van der Waals surface area contributed by atoms with E-state index in [0.717, 1.165) is 38.2 Å². The van der Waals surface area contributed by atoms with E-state index >= 15 is 0 Å². The van der Waals surface area contributed by atoms with Crippen LogP contribution in [-0.2, 0) is 11.3 Å². The number of hydrogen-bond donors (Lipinski definition) is 0. The second-order valence-electron chi connectivity index (χ2n) is 4.22. The fourth-order valence-electron chi connectivity index (χ4n) is 2.00. The summed E-state index contributed by atoms with van der Waals surface area (Å²) in [6.45, 7) is 5.86. The molecule has 3 nitrogen and oxygen atoms in total. The Kier molecular flexibility index (Phi) is 4.16. The third-order valence-corrected chi connectivity index (χ3v) is 3.11. The van der Waals surface area contributed by atoms with Crippen LogP contribution in [-0.4, -0.2) is 35.7 Å². The molecule has 1 aromatic heterocycles. The van der Waals surface area contributed by atoms with Gasteiger partial charge in [-0.1, -0.05) is 17.7 Å². The zero-order chi connectivity index (χ0) is 11.4. The lowest BCUT2D eigenvalue weighted by Crippen LogP contribution is -2.29. The van der Waals surface area contributed by atoms with Gasteiger partial charge >= 0.3 is 0 Å². The highest BCUT2D eigenvalue weighted by atomic mass is 35.5. The average molecular weight is 241 g/mol. The molecule has 16 heavy (non-hydrogen) atoms. The van der Waals surface area contributed by atoms with Crippen LogP contribution in [0.5, 0.6) is 0 Å². The zero-order valence-corrected chi connectivity index (χ0v) is 10.3. The van der Waals surface area contributed by atoms with Gasteiger partial charge in [-0.25, -0.2) is 4.98 Å². The Balaban J connectivity index is 2.00. The summed E-state index contributed by atoms with van der Waals surface area (Å²) in [5, 5.41) is 0.611. The van der Waals surface area contributed by atoms with Crippen LogP contribution in [0.15, 0.2) is 18.3 Å². The van der Waals surface area contributed by atoms with E-state index in [1.165, 1.54) is 0 Å². The molecule has 1 unspecified atom stereocenters. The minimum absolute atomic E-state index is 0.304. The summed E-state index contributed by atoms with van der Waals surface area (Å²) in [6.07, 6.45) is 3.11. The summed E-state index contributed by atoms with van der Waals surface area (Å²) in [5.41, 5.74) is 1.10. The molecule has 1 aliphatic heterocycles. The number of ether oxygens (including phenoxy) is 1. The van der Waals surface area contributed by atoms with Gasteiger partial charge in [0.15, 0.2) is 0 Å². The number of halogens is 1. The Labute approximate surface area is 101 Å². The Morgan fingerprint density at radius 1 is 1.62 bits per heavy atom. The maximum atomic E-state index is 6.05. The van der Waals surface area contributed by atoms with E-state index < -0.39 is 0 Å². The van der Waals surface area contributed by atoms with Gasteiger partial charge in [0.1, 0.15) is 5.15 Å². The van der Waals surface area contributed by atoms with Crippen molar-refractivity contribution in [3.05, 3.63) is 29.0 Å². The van der Waals surface area contributed by atoms with Crippen molar-refractivity contribution in [1.82, 2.24) is 9.88 Å². The zero-order valence-electron chi connectivity index (χ0n) is 9.53. The smallest absolute Gasteiger partial charge is 0.133 e. The third kappa shape index (κ3) is 3.17. The topological polar surface area (TPSA) is 25.4 Å². The number of nitrogens with zero attached hydrogens (tertiary/aromatic N) is 2. The van der Waals surface area contributed by atoms with Crippen molar-refractivity contribution in [3.8, 4) is 0 Å². The van der Waals surface area contributed by atoms with Crippen molar-refractivity contribution in [2.24, 2.45) is 0 Å². The van der Waals surface area contributed by atoms with Gasteiger partial charge in [0.2, 0.25) is 0 Å². The molecule has 4 heteroatoms. The summed E-state index contributed by atoms with van der Waals surface area (Å²) < 4.78 is 5.61. The van der Waals surface area contributed by atoms with E-state index in [9.17, 15) is 0 Å². The van der Waals surface area contributed by atoms with E-state index in [-0.39, 0.29) is 0 Å². The van der Waals surface area contributed by atoms with Crippen LogP contribution < -0.4 is 0 Å². The molecule has 0 bridgehead atoms. The lowest BCUT2D eigenvalue weighted by Gasteiger charge is -2.21. The van der Waals surface area contributed by atoms with Gasteiger partial charge in [0, 0.05) is 38.0 Å². The molecule has 0 aliphatic carbocycles. The first-order chi connectivity index (χ1) is 7.75. The lowest BCUT2D eigenvalue weighted by atomic mass is 10.2. The minimum Gasteiger partial charge on any atom is -0.377 e. The number of rotatable bonds is 2. The second kappa shape index (κ2) is 5.62. The quantitative estimate of drug-likeness (QED) is 0.742. The molecule has 1 saturated heterocycles. The summed E-state index contributed by atoms with van der Waals surface area (Å²) in [5.74, 6) is 0. The Morgan fingerprint density at radius 2 is 2.50 bits per heavy atom. The molecule has 0 radical (unpaired) electrons. The summed E-state index contributed by atoms with van der Waals surface area (Å²) >= 11 is 6.05. The second-order valence-corrected chi connectivity index (χ2v) is 4.58. The highest BCUT2D eigenvalue weighted by molar-refractivity contribution is 6.30. The molecule has 1 aromatic rings. The largest absolute Gasteiger partial charge is 0.377 e. The fourth-order valence-corrected chi connectivity index (χ4v) is 2.18. The monoisotopic (exact) mass is 240 g/mol. The molecule has 0 aromatic carbocycles. The standard InChI is InChI=1S/C12H17ClN2O/c1-10-8-15(6-3-7-16-10)9-11-4-2-5-14-12(11)13/h2,4-5,10H,3,6-9H2,1H3. The first-order valence-corrected chi connectivity index (χ1v) is 6.07. The molecule has 1 aliphatic rings. The Hall–Kier alpha value is -0.640. The van der Waals surface area contributed by atoms with Crippen molar-refractivity contribution in [1.29, 1.82) is 0 Å². The van der Waals surface area contributed by atoms with Crippen LogP contribution >= 0.6 is 11.6 Å². The Morgan fingerprint density at radius 3 is 3.31 bits per heavy atom. The minimum atomic E-state index is 0.304. The number of pyridine rings is 1. The number of hydrogen-bond acceptors (Lipinski definition) is 3.